The second kappa shape index (κ2) is 1.86. The quantitative estimate of drug-likeness (QED) is 0.496. The molecule has 1 aliphatic rings. The van der Waals surface area contributed by atoms with Gasteiger partial charge in [0.15, 0.2) is 0 Å². The predicted molar refractivity (Wildman–Crippen MR) is 41.3 cm³/mol. The largest absolute Gasteiger partial charge is 0.0804 e. The van der Waals surface area contributed by atoms with Crippen LogP contribution in [0.5, 0.6) is 0 Å². The van der Waals surface area contributed by atoms with E-state index in [1.54, 1.807) is 5.57 Å². The van der Waals surface area contributed by atoms with E-state index >= 15 is 0 Å². The minimum atomic E-state index is 0.472. The zero-order chi connectivity index (χ0) is 7.07. The lowest BCUT2D eigenvalue weighted by molar-refractivity contribution is 0.318. The van der Waals surface area contributed by atoms with Crippen LogP contribution < -0.4 is 0 Å². The van der Waals surface area contributed by atoms with Crippen LogP contribution in [-0.4, -0.2) is 0 Å². The Kier molecular flexibility index (Phi) is 1.42. The lowest BCUT2D eigenvalue weighted by Crippen LogP contribution is -2.17. The molecule has 0 heterocycles. The van der Waals surface area contributed by atoms with Crippen LogP contribution in [0.15, 0.2) is 11.6 Å². The fourth-order valence-corrected chi connectivity index (χ4v) is 0.948. The summed E-state index contributed by atoms with van der Waals surface area (Å²) >= 11 is 0. The molecule has 0 saturated heterocycles. The highest BCUT2D eigenvalue weighted by molar-refractivity contribution is 5.29. The zero-order valence-electron chi connectivity index (χ0n) is 6.86. The fraction of sp³-hybridized carbons (Fsp3) is 0.778. The maximum Gasteiger partial charge on any atom is -0.0118 e. The Morgan fingerprint density at radius 2 is 1.89 bits per heavy atom. The third-order valence-electron chi connectivity index (χ3n) is 2.68. The summed E-state index contributed by atoms with van der Waals surface area (Å²) in [4.78, 5) is 0. The summed E-state index contributed by atoms with van der Waals surface area (Å²) in [6.07, 6.45) is 3.60. The van der Waals surface area contributed by atoms with E-state index in [0.29, 0.717) is 5.41 Å². The molecule has 0 aliphatic heterocycles. The van der Waals surface area contributed by atoms with Crippen molar-refractivity contribution in [3.63, 3.8) is 0 Å². The molecule has 0 heteroatoms. The molecule has 0 radical (unpaired) electrons. The molecule has 1 aliphatic carbocycles. The van der Waals surface area contributed by atoms with Crippen molar-refractivity contribution in [2.45, 2.75) is 34.1 Å². The van der Waals surface area contributed by atoms with Gasteiger partial charge in [-0.3, -0.25) is 0 Å². The summed E-state index contributed by atoms with van der Waals surface area (Å²) in [6.45, 7) is 9.24. The Labute approximate surface area is 58.0 Å². The first-order valence-electron chi connectivity index (χ1n) is 3.74. The van der Waals surface area contributed by atoms with Crippen LogP contribution in [0.3, 0.4) is 0 Å². The van der Waals surface area contributed by atoms with Crippen LogP contribution in [0.25, 0.3) is 0 Å². The third-order valence-corrected chi connectivity index (χ3v) is 2.68. The number of hydrogen-bond acceptors (Lipinski definition) is 0. The minimum absolute atomic E-state index is 0.472. The molecule has 9 heavy (non-hydrogen) atoms. The van der Waals surface area contributed by atoms with Crippen LogP contribution in [-0.2, 0) is 0 Å². The number of allylic oxidation sites excluding steroid dienone is 2. The average Bonchev–Trinajstić information content (AvgIpc) is 2.42. The van der Waals surface area contributed by atoms with Gasteiger partial charge in [0.1, 0.15) is 0 Å². The molecule has 0 aromatic rings. The number of hydrogen-bond donors (Lipinski definition) is 0. The molecule has 0 spiro atoms. The predicted octanol–water partition coefficient (Wildman–Crippen LogP) is 3.00. The minimum Gasteiger partial charge on any atom is -0.0804 e. The van der Waals surface area contributed by atoms with E-state index in [9.17, 15) is 0 Å². The molecule has 0 bridgehead atoms. The van der Waals surface area contributed by atoms with Gasteiger partial charge < -0.3 is 0 Å². The summed E-state index contributed by atoms with van der Waals surface area (Å²) < 4.78 is 0. The van der Waals surface area contributed by atoms with Gasteiger partial charge in [-0.2, -0.15) is 0 Å². The second-order valence-electron chi connectivity index (χ2n) is 3.81. The van der Waals surface area contributed by atoms with Crippen molar-refractivity contribution in [1.82, 2.24) is 0 Å². The molecule has 0 fully saturated rings. The van der Waals surface area contributed by atoms with Gasteiger partial charge >= 0.3 is 0 Å². The first-order chi connectivity index (χ1) is 4.05. The van der Waals surface area contributed by atoms with Gasteiger partial charge in [-0.25, -0.2) is 0 Å². The summed E-state index contributed by atoms with van der Waals surface area (Å²) in [7, 11) is 0. The van der Waals surface area contributed by atoms with Gasteiger partial charge in [0, 0.05) is 0 Å². The highest BCUT2D eigenvalue weighted by Gasteiger charge is 2.30. The van der Waals surface area contributed by atoms with E-state index < -0.39 is 0 Å². The maximum atomic E-state index is 2.33. The molecule has 0 amide bonds. The Balaban J connectivity index is 2.60. The van der Waals surface area contributed by atoms with Gasteiger partial charge in [-0.05, 0) is 17.8 Å². The van der Waals surface area contributed by atoms with E-state index in [1.165, 1.54) is 6.42 Å². The standard InChI is InChI=1S/C9H16/c1-7(2)9(3,4)8-5-6-8/h5,7H,6H2,1-4H3. The molecular weight excluding hydrogens is 108 g/mol. The van der Waals surface area contributed by atoms with Gasteiger partial charge in [-0.1, -0.05) is 39.3 Å². The van der Waals surface area contributed by atoms with E-state index in [-0.39, 0.29) is 0 Å². The van der Waals surface area contributed by atoms with Crippen LogP contribution in [0.4, 0.5) is 0 Å². The molecular formula is C9H16. The average molecular weight is 124 g/mol. The Bertz CT molecular complexity index is 138. The summed E-state index contributed by atoms with van der Waals surface area (Å²) in [5.41, 5.74) is 2.12. The van der Waals surface area contributed by atoms with E-state index in [1.807, 2.05) is 0 Å². The van der Waals surface area contributed by atoms with Crippen molar-refractivity contribution in [2.24, 2.45) is 11.3 Å². The normalized spacial score (nSPS) is 18.1. The van der Waals surface area contributed by atoms with Crippen molar-refractivity contribution in [3.05, 3.63) is 11.6 Å². The van der Waals surface area contributed by atoms with Crippen molar-refractivity contribution in [2.75, 3.05) is 0 Å². The van der Waals surface area contributed by atoms with Crippen molar-refractivity contribution in [1.29, 1.82) is 0 Å². The van der Waals surface area contributed by atoms with Gasteiger partial charge in [0.05, 0.1) is 0 Å². The smallest absolute Gasteiger partial charge is 0.0118 e. The highest BCUT2D eigenvalue weighted by Crippen LogP contribution is 2.43. The monoisotopic (exact) mass is 124 g/mol. The lowest BCUT2D eigenvalue weighted by Gasteiger charge is -2.26. The van der Waals surface area contributed by atoms with Crippen molar-refractivity contribution >= 4 is 0 Å². The molecule has 52 valence electrons. The van der Waals surface area contributed by atoms with Crippen LogP contribution in [0.1, 0.15) is 34.1 Å². The van der Waals surface area contributed by atoms with Crippen molar-refractivity contribution < 1.29 is 0 Å². The summed E-state index contributed by atoms with van der Waals surface area (Å²) in [5.74, 6) is 0.784. The Morgan fingerprint density at radius 1 is 1.44 bits per heavy atom. The van der Waals surface area contributed by atoms with E-state index in [0.717, 1.165) is 5.92 Å². The van der Waals surface area contributed by atoms with Gasteiger partial charge in [-0.15, -0.1) is 0 Å². The third kappa shape index (κ3) is 1.17. The number of rotatable bonds is 2. The second-order valence-corrected chi connectivity index (χ2v) is 3.81. The van der Waals surface area contributed by atoms with Crippen LogP contribution in [0.2, 0.25) is 0 Å². The molecule has 0 unspecified atom stereocenters. The Morgan fingerprint density at radius 3 is 2.00 bits per heavy atom. The molecule has 0 N–H and O–H groups in total. The van der Waals surface area contributed by atoms with E-state index in [2.05, 4.69) is 33.8 Å². The lowest BCUT2D eigenvalue weighted by atomic mass is 9.79. The maximum absolute atomic E-state index is 2.33. The van der Waals surface area contributed by atoms with Crippen LogP contribution >= 0.6 is 0 Å². The van der Waals surface area contributed by atoms with Crippen molar-refractivity contribution in [3.8, 4) is 0 Å². The fourth-order valence-electron chi connectivity index (χ4n) is 0.948. The molecule has 1 rings (SSSR count). The summed E-state index contributed by atoms with van der Waals surface area (Å²) in [5, 5.41) is 0. The molecule has 0 aromatic heterocycles. The Hall–Kier alpha value is -0.260. The first-order valence-corrected chi connectivity index (χ1v) is 3.74. The topological polar surface area (TPSA) is 0 Å². The van der Waals surface area contributed by atoms with Gasteiger partial charge in [0.2, 0.25) is 0 Å². The molecule has 0 aromatic carbocycles. The highest BCUT2D eigenvalue weighted by atomic mass is 14.4. The first kappa shape index (κ1) is 6.85. The summed E-state index contributed by atoms with van der Waals surface area (Å²) in [6, 6.07) is 0. The molecule has 0 nitrogen and oxygen atoms in total. The molecule has 0 atom stereocenters. The SMILES string of the molecule is CC(C)C(C)(C)C1=CC1. The van der Waals surface area contributed by atoms with Gasteiger partial charge in [0.25, 0.3) is 0 Å². The molecule has 0 saturated carbocycles. The van der Waals surface area contributed by atoms with E-state index in [4.69, 9.17) is 0 Å². The van der Waals surface area contributed by atoms with Crippen LogP contribution in [0, 0.1) is 11.3 Å². The zero-order valence-corrected chi connectivity index (χ0v) is 6.86.